The summed E-state index contributed by atoms with van der Waals surface area (Å²) in [6, 6.07) is 14.2. The third-order valence-electron chi connectivity index (χ3n) is 2.96. The van der Waals surface area contributed by atoms with Gasteiger partial charge in [-0.1, -0.05) is 24.3 Å². The van der Waals surface area contributed by atoms with E-state index < -0.39 is 0 Å². The maximum absolute atomic E-state index is 4.57. The number of nitrogens with one attached hydrogen (secondary N) is 1. The van der Waals surface area contributed by atoms with Crippen LogP contribution in [-0.2, 0) is 0 Å². The molecule has 0 saturated heterocycles. The third-order valence-corrected chi connectivity index (χ3v) is 2.96. The average molecular weight is 235 g/mol. The Balaban J connectivity index is 2.24. The molecule has 0 fully saturated rings. The van der Waals surface area contributed by atoms with Crippen LogP contribution in [0.4, 0.5) is 5.82 Å². The van der Waals surface area contributed by atoms with Gasteiger partial charge in [-0.2, -0.15) is 0 Å². The van der Waals surface area contributed by atoms with Crippen molar-refractivity contribution < 1.29 is 0 Å². The summed E-state index contributed by atoms with van der Waals surface area (Å²) in [5.41, 5.74) is 2.07. The van der Waals surface area contributed by atoms with E-state index in [2.05, 4.69) is 27.4 Å². The number of anilines is 1. The monoisotopic (exact) mass is 235 g/mol. The Morgan fingerprint density at radius 2 is 1.89 bits per heavy atom. The topological polar surface area (TPSA) is 37.8 Å². The van der Waals surface area contributed by atoms with Crippen LogP contribution in [0, 0.1) is 0 Å². The van der Waals surface area contributed by atoms with Gasteiger partial charge in [0.25, 0.3) is 0 Å². The third kappa shape index (κ3) is 1.80. The zero-order valence-electron chi connectivity index (χ0n) is 10.1. The SMILES string of the molecule is CNc1cccc(-c2cccc3ccncc23)n1. The van der Waals surface area contributed by atoms with Gasteiger partial charge in [0, 0.05) is 30.4 Å². The molecule has 3 nitrogen and oxygen atoms in total. The highest BCUT2D eigenvalue weighted by molar-refractivity contribution is 5.95. The summed E-state index contributed by atoms with van der Waals surface area (Å²) in [6.07, 6.45) is 3.70. The molecule has 3 heteroatoms. The number of hydrogen-bond donors (Lipinski definition) is 1. The van der Waals surface area contributed by atoms with Crippen LogP contribution in [0.15, 0.2) is 54.9 Å². The molecule has 3 aromatic rings. The summed E-state index contributed by atoms with van der Waals surface area (Å²) in [7, 11) is 1.87. The van der Waals surface area contributed by atoms with Gasteiger partial charge < -0.3 is 5.32 Å². The molecule has 0 aliphatic carbocycles. The van der Waals surface area contributed by atoms with Gasteiger partial charge in [-0.15, -0.1) is 0 Å². The van der Waals surface area contributed by atoms with Crippen LogP contribution in [0.25, 0.3) is 22.0 Å². The highest BCUT2D eigenvalue weighted by Crippen LogP contribution is 2.27. The van der Waals surface area contributed by atoms with E-state index in [-0.39, 0.29) is 0 Å². The van der Waals surface area contributed by atoms with Gasteiger partial charge in [-0.25, -0.2) is 4.98 Å². The Kier molecular flexibility index (Phi) is 2.65. The molecule has 0 atom stereocenters. The van der Waals surface area contributed by atoms with E-state index in [4.69, 9.17) is 0 Å². The minimum Gasteiger partial charge on any atom is -0.373 e. The van der Waals surface area contributed by atoms with Gasteiger partial charge in [-0.05, 0) is 23.6 Å². The molecule has 2 heterocycles. The fraction of sp³-hybridized carbons (Fsp3) is 0.0667. The second-order valence-corrected chi connectivity index (χ2v) is 4.06. The Hall–Kier alpha value is -2.42. The van der Waals surface area contributed by atoms with Crippen molar-refractivity contribution in [2.45, 2.75) is 0 Å². The van der Waals surface area contributed by atoms with Crippen molar-refractivity contribution in [3.05, 3.63) is 54.9 Å². The van der Waals surface area contributed by atoms with Crippen LogP contribution in [0.2, 0.25) is 0 Å². The van der Waals surface area contributed by atoms with Crippen LogP contribution in [0.1, 0.15) is 0 Å². The van der Waals surface area contributed by atoms with Gasteiger partial charge in [0.05, 0.1) is 5.69 Å². The summed E-state index contributed by atoms with van der Waals surface area (Å²) in [6.45, 7) is 0. The van der Waals surface area contributed by atoms with E-state index in [1.54, 1.807) is 0 Å². The van der Waals surface area contributed by atoms with Gasteiger partial charge in [-0.3, -0.25) is 4.98 Å². The first kappa shape index (κ1) is 10.7. The molecule has 0 unspecified atom stereocenters. The Morgan fingerprint density at radius 3 is 2.78 bits per heavy atom. The molecule has 88 valence electrons. The molecule has 1 aromatic carbocycles. The lowest BCUT2D eigenvalue weighted by atomic mass is 10.0. The number of nitrogens with zero attached hydrogens (tertiary/aromatic N) is 2. The minimum absolute atomic E-state index is 0.869. The van der Waals surface area contributed by atoms with E-state index in [9.17, 15) is 0 Å². The number of benzene rings is 1. The molecule has 2 aromatic heterocycles. The van der Waals surface area contributed by atoms with Crippen LogP contribution in [-0.4, -0.2) is 17.0 Å². The first-order valence-corrected chi connectivity index (χ1v) is 5.86. The largest absolute Gasteiger partial charge is 0.373 e. The average Bonchev–Trinajstić information content (AvgIpc) is 2.47. The smallest absolute Gasteiger partial charge is 0.126 e. The minimum atomic E-state index is 0.869. The number of hydrogen-bond acceptors (Lipinski definition) is 3. The summed E-state index contributed by atoms with van der Waals surface area (Å²) in [4.78, 5) is 8.77. The fourth-order valence-corrected chi connectivity index (χ4v) is 2.06. The van der Waals surface area contributed by atoms with Gasteiger partial charge in [0.2, 0.25) is 0 Å². The molecule has 1 N–H and O–H groups in total. The van der Waals surface area contributed by atoms with Crippen molar-refractivity contribution in [1.29, 1.82) is 0 Å². The van der Waals surface area contributed by atoms with Crippen molar-refractivity contribution in [1.82, 2.24) is 9.97 Å². The lowest BCUT2D eigenvalue weighted by molar-refractivity contribution is 1.29. The first-order chi connectivity index (χ1) is 8.88. The highest BCUT2D eigenvalue weighted by atomic mass is 15.0. The molecular formula is C15H13N3. The Morgan fingerprint density at radius 1 is 1.00 bits per heavy atom. The van der Waals surface area contributed by atoms with Gasteiger partial charge in [0.1, 0.15) is 5.82 Å². The lowest BCUT2D eigenvalue weighted by Crippen LogP contribution is -1.93. The molecule has 3 rings (SSSR count). The zero-order chi connectivity index (χ0) is 12.4. The standard InChI is InChI=1S/C15H13N3/c1-16-15-7-3-6-14(18-15)12-5-2-4-11-8-9-17-10-13(11)12/h2-10H,1H3,(H,16,18). The number of fused-ring (bicyclic) bond motifs is 1. The molecule has 0 spiro atoms. The molecular weight excluding hydrogens is 222 g/mol. The van der Waals surface area contributed by atoms with Crippen molar-refractivity contribution >= 4 is 16.6 Å². The van der Waals surface area contributed by atoms with E-state index in [1.165, 1.54) is 5.39 Å². The first-order valence-electron chi connectivity index (χ1n) is 5.86. The van der Waals surface area contributed by atoms with Crippen LogP contribution in [0.3, 0.4) is 0 Å². The van der Waals surface area contributed by atoms with Crippen molar-refractivity contribution in [2.75, 3.05) is 12.4 Å². The number of pyridine rings is 2. The van der Waals surface area contributed by atoms with Crippen LogP contribution >= 0.6 is 0 Å². The van der Waals surface area contributed by atoms with E-state index in [0.29, 0.717) is 0 Å². The fourth-order valence-electron chi connectivity index (χ4n) is 2.06. The van der Waals surface area contributed by atoms with Crippen molar-refractivity contribution in [3.8, 4) is 11.3 Å². The van der Waals surface area contributed by atoms with Crippen LogP contribution < -0.4 is 5.32 Å². The second-order valence-electron chi connectivity index (χ2n) is 4.06. The number of aromatic nitrogens is 2. The lowest BCUT2D eigenvalue weighted by Gasteiger charge is -2.07. The van der Waals surface area contributed by atoms with E-state index >= 15 is 0 Å². The maximum atomic E-state index is 4.57. The quantitative estimate of drug-likeness (QED) is 0.740. The van der Waals surface area contributed by atoms with Crippen LogP contribution in [0.5, 0.6) is 0 Å². The molecule has 0 saturated carbocycles. The molecule has 0 amide bonds. The zero-order valence-corrected chi connectivity index (χ0v) is 10.1. The van der Waals surface area contributed by atoms with Crippen molar-refractivity contribution in [2.24, 2.45) is 0 Å². The Labute approximate surface area is 106 Å². The van der Waals surface area contributed by atoms with Gasteiger partial charge in [0.15, 0.2) is 0 Å². The van der Waals surface area contributed by atoms with Crippen molar-refractivity contribution in [3.63, 3.8) is 0 Å². The van der Waals surface area contributed by atoms with Gasteiger partial charge >= 0.3 is 0 Å². The predicted molar refractivity (Wildman–Crippen MR) is 74.5 cm³/mol. The molecule has 0 radical (unpaired) electrons. The molecule has 18 heavy (non-hydrogen) atoms. The summed E-state index contributed by atoms with van der Waals surface area (Å²) < 4.78 is 0. The number of rotatable bonds is 2. The van der Waals surface area contributed by atoms with E-state index in [0.717, 1.165) is 22.5 Å². The summed E-state index contributed by atoms with van der Waals surface area (Å²) in [5, 5.41) is 5.36. The molecule has 0 bridgehead atoms. The highest BCUT2D eigenvalue weighted by Gasteiger charge is 2.05. The second kappa shape index (κ2) is 4.45. The Bertz CT molecular complexity index is 687. The maximum Gasteiger partial charge on any atom is 0.126 e. The molecule has 0 aliphatic rings. The summed E-state index contributed by atoms with van der Waals surface area (Å²) >= 11 is 0. The van der Waals surface area contributed by atoms with E-state index in [1.807, 2.05) is 49.8 Å². The molecule has 0 aliphatic heterocycles. The normalized spacial score (nSPS) is 10.5. The predicted octanol–water partition coefficient (Wildman–Crippen LogP) is 3.34. The summed E-state index contributed by atoms with van der Waals surface area (Å²) in [5.74, 6) is 0.869.